The van der Waals surface area contributed by atoms with Crippen LogP contribution in [-0.2, 0) is 6.54 Å². The van der Waals surface area contributed by atoms with Crippen molar-refractivity contribution in [3.8, 4) is 0 Å². The highest BCUT2D eigenvalue weighted by atomic mass is 32.1. The van der Waals surface area contributed by atoms with Crippen molar-refractivity contribution in [2.24, 2.45) is 5.41 Å². The largest absolute Gasteiger partial charge is 0.335 e. The molecule has 1 heterocycles. The standard InChI is InChI=1S/C12H21N3OS/c1-8-6-13-10(17-8)7-14-11(16)15-9(2)12(3,4)5/h6,9H,7H2,1-5H3,(H2,14,15,16). The summed E-state index contributed by atoms with van der Waals surface area (Å²) in [6.07, 6.45) is 1.82. The summed E-state index contributed by atoms with van der Waals surface area (Å²) in [5.74, 6) is 0. The van der Waals surface area contributed by atoms with Crippen molar-refractivity contribution in [1.82, 2.24) is 15.6 Å². The molecular weight excluding hydrogens is 234 g/mol. The maximum atomic E-state index is 11.6. The van der Waals surface area contributed by atoms with Gasteiger partial charge in [0.2, 0.25) is 0 Å². The van der Waals surface area contributed by atoms with Gasteiger partial charge in [-0.15, -0.1) is 11.3 Å². The number of aromatic nitrogens is 1. The molecule has 2 N–H and O–H groups in total. The highest BCUT2D eigenvalue weighted by Gasteiger charge is 2.21. The van der Waals surface area contributed by atoms with E-state index < -0.39 is 0 Å². The van der Waals surface area contributed by atoms with Crippen LogP contribution in [0.3, 0.4) is 0 Å². The number of thiazole rings is 1. The number of hydrogen-bond donors (Lipinski definition) is 2. The maximum Gasteiger partial charge on any atom is 0.315 e. The molecule has 4 nitrogen and oxygen atoms in total. The van der Waals surface area contributed by atoms with Crippen molar-refractivity contribution in [3.63, 3.8) is 0 Å². The average Bonchev–Trinajstić information content (AvgIpc) is 2.60. The third-order valence-corrected chi connectivity index (χ3v) is 3.63. The van der Waals surface area contributed by atoms with E-state index in [9.17, 15) is 4.79 Å². The van der Waals surface area contributed by atoms with Crippen LogP contribution in [0.25, 0.3) is 0 Å². The number of aryl methyl sites for hydroxylation is 1. The highest BCUT2D eigenvalue weighted by molar-refractivity contribution is 7.11. The molecule has 17 heavy (non-hydrogen) atoms. The molecule has 0 bridgehead atoms. The van der Waals surface area contributed by atoms with Crippen molar-refractivity contribution < 1.29 is 4.79 Å². The maximum absolute atomic E-state index is 11.6. The molecule has 0 saturated heterocycles. The van der Waals surface area contributed by atoms with Crippen LogP contribution < -0.4 is 10.6 Å². The van der Waals surface area contributed by atoms with E-state index in [1.54, 1.807) is 11.3 Å². The molecule has 2 amide bonds. The van der Waals surface area contributed by atoms with Gasteiger partial charge in [-0.3, -0.25) is 0 Å². The molecule has 0 aliphatic carbocycles. The Kier molecular flexibility index (Phi) is 4.51. The first-order chi connectivity index (χ1) is 7.79. The Hall–Kier alpha value is -1.10. The minimum Gasteiger partial charge on any atom is -0.335 e. The summed E-state index contributed by atoms with van der Waals surface area (Å²) in [4.78, 5) is 17.0. The van der Waals surface area contributed by atoms with Crippen molar-refractivity contribution in [3.05, 3.63) is 16.1 Å². The van der Waals surface area contributed by atoms with Crippen LogP contribution in [0.15, 0.2) is 6.20 Å². The molecule has 1 rings (SSSR count). The van der Waals surface area contributed by atoms with Gasteiger partial charge >= 0.3 is 6.03 Å². The van der Waals surface area contributed by atoms with E-state index in [-0.39, 0.29) is 17.5 Å². The number of amides is 2. The molecule has 1 aromatic heterocycles. The average molecular weight is 255 g/mol. The highest BCUT2D eigenvalue weighted by Crippen LogP contribution is 2.18. The Morgan fingerprint density at radius 2 is 2.18 bits per heavy atom. The second-order valence-electron chi connectivity index (χ2n) is 5.28. The summed E-state index contributed by atoms with van der Waals surface area (Å²) in [6.45, 7) is 10.8. The fourth-order valence-electron chi connectivity index (χ4n) is 1.10. The minimum atomic E-state index is -0.139. The van der Waals surface area contributed by atoms with E-state index in [1.165, 1.54) is 0 Å². The Bertz CT molecular complexity index is 381. The van der Waals surface area contributed by atoms with E-state index in [1.807, 2.05) is 20.0 Å². The minimum absolute atomic E-state index is 0.0646. The van der Waals surface area contributed by atoms with Crippen molar-refractivity contribution in [2.45, 2.75) is 47.2 Å². The number of carbonyl (C=O) groups excluding carboxylic acids is 1. The molecule has 0 radical (unpaired) electrons. The number of urea groups is 1. The molecule has 0 aliphatic rings. The van der Waals surface area contributed by atoms with Crippen LogP contribution in [-0.4, -0.2) is 17.1 Å². The Labute approximate surface area is 107 Å². The van der Waals surface area contributed by atoms with Crippen LogP contribution >= 0.6 is 11.3 Å². The smallest absolute Gasteiger partial charge is 0.315 e. The fourth-order valence-corrected chi connectivity index (χ4v) is 1.83. The van der Waals surface area contributed by atoms with Crippen molar-refractivity contribution in [1.29, 1.82) is 0 Å². The van der Waals surface area contributed by atoms with Gasteiger partial charge in [0.25, 0.3) is 0 Å². The molecule has 1 atom stereocenters. The van der Waals surface area contributed by atoms with Gasteiger partial charge in [-0.2, -0.15) is 0 Å². The van der Waals surface area contributed by atoms with Gasteiger partial charge in [-0.25, -0.2) is 9.78 Å². The lowest BCUT2D eigenvalue weighted by atomic mass is 9.88. The van der Waals surface area contributed by atoms with Gasteiger partial charge in [0, 0.05) is 17.1 Å². The van der Waals surface area contributed by atoms with Crippen LogP contribution in [0.5, 0.6) is 0 Å². The second kappa shape index (κ2) is 5.49. The van der Waals surface area contributed by atoms with Gasteiger partial charge in [-0.1, -0.05) is 20.8 Å². The quantitative estimate of drug-likeness (QED) is 0.872. The topological polar surface area (TPSA) is 54.0 Å². The van der Waals surface area contributed by atoms with Gasteiger partial charge in [0.05, 0.1) is 6.54 Å². The molecule has 0 aliphatic heterocycles. The van der Waals surface area contributed by atoms with E-state index in [2.05, 4.69) is 36.4 Å². The lowest BCUT2D eigenvalue weighted by Crippen LogP contribution is -2.46. The molecule has 1 aromatic rings. The number of hydrogen-bond acceptors (Lipinski definition) is 3. The second-order valence-corrected chi connectivity index (χ2v) is 6.60. The van der Waals surface area contributed by atoms with Crippen molar-refractivity contribution in [2.75, 3.05) is 0 Å². The molecule has 96 valence electrons. The number of nitrogens with zero attached hydrogens (tertiary/aromatic N) is 1. The Balaban J connectivity index is 2.36. The predicted octanol–water partition coefficient (Wildman–Crippen LogP) is 2.69. The lowest BCUT2D eigenvalue weighted by Gasteiger charge is -2.27. The SMILES string of the molecule is Cc1cnc(CNC(=O)NC(C)C(C)(C)C)s1. The zero-order valence-corrected chi connectivity index (χ0v) is 11.9. The van der Waals surface area contributed by atoms with Gasteiger partial charge < -0.3 is 10.6 Å². The zero-order valence-electron chi connectivity index (χ0n) is 11.1. The normalized spacial score (nSPS) is 13.2. The van der Waals surface area contributed by atoms with Crippen LogP contribution in [0.2, 0.25) is 0 Å². The van der Waals surface area contributed by atoms with Gasteiger partial charge in [0.1, 0.15) is 5.01 Å². The number of nitrogens with one attached hydrogen (secondary N) is 2. The number of carbonyl (C=O) groups is 1. The van der Waals surface area contributed by atoms with Crippen molar-refractivity contribution >= 4 is 17.4 Å². The summed E-state index contributed by atoms with van der Waals surface area (Å²) in [5, 5.41) is 6.67. The first kappa shape index (κ1) is 14.0. The van der Waals surface area contributed by atoms with E-state index in [0.717, 1.165) is 9.88 Å². The molecular formula is C12H21N3OS. The van der Waals surface area contributed by atoms with E-state index in [0.29, 0.717) is 6.54 Å². The molecule has 0 saturated carbocycles. The fraction of sp³-hybridized carbons (Fsp3) is 0.667. The zero-order chi connectivity index (χ0) is 13.1. The summed E-state index contributed by atoms with van der Waals surface area (Å²) in [6, 6.07) is -0.0131. The molecule has 0 spiro atoms. The third kappa shape index (κ3) is 4.73. The number of rotatable bonds is 3. The summed E-state index contributed by atoms with van der Waals surface area (Å²) < 4.78 is 0. The van der Waals surface area contributed by atoms with Gasteiger partial charge in [-0.05, 0) is 19.3 Å². The lowest BCUT2D eigenvalue weighted by molar-refractivity contribution is 0.222. The molecule has 0 aromatic carbocycles. The molecule has 1 unspecified atom stereocenters. The Morgan fingerprint density at radius 1 is 1.53 bits per heavy atom. The molecule has 5 heteroatoms. The summed E-state index contributed by atoms with van der Waals surface area (Å²) in [5.41, 5.74) is 0.0646. The van der Waals surface area contributed by atoms with E-state index in [4.69, 9.17) is 0 Å². The van der Waals surface area contributed by atoms with Crippen LogP contribution in [0.1, 0.15) is 37.6 Å². The monoisotopic (exact) mass is 255 g/mol. The van der Waals surface area contributed by atoms with Crippen LogP contribution in [0.4, 0.5) is 4.79 Å². The summed E-state index contributed by atoms with van der Waals surface area (Å²) >= 11 is 1.60. The van der Waals surface area contributed by atoms with E-state index >= 15 is 0 Å². The Morgan fingerprint density at radius 3 is 2.65 bits per heavy atom. The van der Waals surface area contributed by atoms with Crippen LogP contribution in [0, 0.1) is 12.3 Å². The summed E-state index contributed by atoms with van der Waals surface area (Å²) in [7, 11) is 0. The first-order valence-electron chi connectivity index (χ1n) is 5.74. The first-order valence-corrected chi connectivity index (χ1v) is 6.56. The predicted molar refractivity (Wildman–Crippen MR) is 71.1 cm³/mol. The molecule has 0 fully saturated rings. The van der Waals surface area contributed by atoms with Gasteiger partial charge in [0.15, 0.2) is 0 Å². The third-order valence-electron chi connectivity index (χ3n) is 2.72.